The summed E-state index contributed by atoms with van der Waals surface area (Å²) in [6.07, 6.45) is 1.80. The highest BCUT2D eigenvalue weighted by molar-refractivity contribution is 7.99. The molecule has 2 heterocycles. The molecule has 1 atom stereocenters. The van der Waals surface area contributed by atoms with E-state index in [1.807, 2.05) is 34.9 Å². The Balaban J connectivity index is 1.53. The molecule has 1 amide bonds. The van der Waals surface area contributed by atoms with Crippen molar-refractivity contribution < 1.29 is 14.3 Å². The first-order chi connectivity index (χ1) is 15.6. The quantitative estimate of drug-likeness (QED) is 0.251. The second kappa shape index (κ2) is 9.61. The number of rotatable bonds is 8. The van der Waals surface area contributed by atoms with Gasteiger partial charge in [0.2, 0.25) is 11.1 Å². The first kappa shape index (κ1) is 21.5. The Kier molecular flexibility index (Phi) is 6.46. The monoisotopic (exact) mass is 447 g/mol. The summed E-state index contributed by atoms with van der Waals surface area (Å²) >= 11 is 1.15. The largest absolute Gasteiger partial charge is 0.467 e. The molecule has 32 heavy (non-hydrogen) atoms. The second-order valence-corrected chi connectivity index (χ2v) is 7.85. The normalized spacial score (nSPS) is 11.9. The van der Waals surface area contributed by atoms with Crippen LogP contribution in [0.4, 0.5) is 0 Å². The summed E-state index contributed by atoms with van der Waals surface area (Å²) in [4.78, 5) is 29.3. The zero-order valence-corrected chi connectivity index (χ0v) is 18.2. The number of nitrogens with zero attached hydrogens (tertiary/aromatic N) is 4. The number of carbonyl (C=O) groups is 2. The van der Waals surface area contributed by atoms with Crippen LogP contribution in [0.2, 0.25) is 0 Å². The number of carbonyl (C=O) groups excluding carboxylic acids is 2. The average molecular weight is 448 g/mol. The van der Waals surface area contributed by atoms with Gasteiger partial charge in [-0.2, -0.15) is 0 Å². The Bertz CT molecular complexity index is 1290. The van der Waals surface area contributed by atoms with Gasteiger partial charge in [0.05, 0.1) is 18.4 Å². The van der Waals surface area contributed by atoms with Crippen molar-refractivity contribution in [3.8, 4) is 0 Å². The standard InChI is InChI=1S/C23H21N5O3S/c1-3-13-28-17-12-8-7-11-16(17)20-21(28)25-23(27-26-20)32-14-18(29)24-19(22(30)31-2)15-9-5-4-6-10-15/h3-12,19H,1,13-14H2,2H3,(H,24,29)/t19-/m1/s1. The lowest BCUT2D eigenvalue weighted by molar-refractivity contribution is -0.145. The van der Waals surface area contributed by atoms with Crippen LogP contribution in [0, 0.1) is 0 Å². The minimum atomic E-state index is -0.883. The highest BCUT2D eigenvalue weighted by Crippen LogP contribution is 2.27. The molecule has 2 aromatic heterocycles. The number of benzene rings is 2. The van der Waals surface area contributed by atoms with Crippen molar-refractivity contribution in [2.45, 2.75) is 17.7 Å². The number of amides is 1. The van der Waals surface area contributed by atoms with Gasteiger partial charge >= 0.3 is 5.97 Å². The van der Waals surface area contributed by atoms with E-state index in [9.17, 15) is 9.59 Å². The molecule has 9 heteroatoms. The highest BCUT2D eigenvalue weighted by atomic mass is 32.2. The Labute approximate surface area is 188 Å². The number of allylic oxidation sites excluding steroid dienone is 1. The molecular formula is C23H21N5O3S. The zero-order chi connectivity index (χ0) is 22.5. The lowest BCUT2D eigenvalue weighted by Gasteiger charge is -2.16. The first-order valence-electron chi connectivity index (χ1n) is 9.90. The minimum Gasteiger partial charge on any atom is -0.467 e. The van der Waals surface area contributed by atoms with E-state index < -0.39 is 12.0 Å². The number of esters is 1. The van der Waals surface area contributed by atoms with E-state index in [1.165, 1.54) is 7.11 Å². The predicted octanol–water partition coefficient (Wildman–Crippen LogP) is 3.29. The van der Waals surface area contributed by atoms with Crippen molar-refractivity contribution >= 4 is 45.7 Å². The van der Waals surface area contributed by atoms with Crippen molar-refractivity contribution in [1.82, 2.24) is 25.1 Å². The molecule has 0 spiro atoms. The fourth-order valence-corrected chi connectivity index (χ4v) is 4.03. The van der Waals surface area contributed by atoms with E-state index in [2.05, 4.69) is 27.1 Å². The van der Waals surface area contributed by atoms with E-state index in [1.54, 1.807) is 30.3 Å². The van der Waals surface area contributed by atoms with Crippen LogP contribution in [0.5, 0.6) is 0 Å². The van der Waals surface area contributed by atoms with Crippen molar-refractivity contribution in [2.24, 2.45) is 0 Å². The Hall–Kier alpha value is -3.72. The summed E-state index contributed by atoms with van der Waals surface area (Å²) in [5.41, 5.74) is 3.02. The number of fused-ring (bicyclic) bond motifs is 3. The minimum absolute atomic E-state index is 0.0230. The summed E-state index contributed by atoms with van der Waals surface area (Å²) in [6, 6.07) is 15.9. The van der Waals surface area contributed by atoms with Crippen molar-refractivity contribution in [3.63, 3.8) is 0 Å². The maximum Gasteiger partial charge on any atom is 0.333 e. The number of nitrogens with one attached hydrogen (secondary N) is 1. The number of aromatic nitrogens is 4. The molecule has 0 radical (unpaired) electrons. The van der Waals surface area contributed by atoms with Gasteiger partial charge in [0.1, 0.15) is 5.52 Å². The molecule has 2 aromatic carbocycles. The first-order valence-corrected chi connectivity index (χ1v) is 10.9. The van der Waals surface area contributed by atoms with Crippen LogP contribution in [0.25, 0.3) is 22.1 Å². The lowest BCUT2D eigenvalue weighted by atomic mass is 10.1. The van der Waals surface area contributed by atoms with Crippen LogP contribution in [0.3, 0.4) is 0 Å². The molecule has 0 aliphatic carbocycles. The Morgan fingerprint density at radius 1 is 1.16 bits per heavy atom. The maximum atomic E-state index is 12.6. The van der Waals surface area contributed by atoms with Crippen LogP contribution in [-0.4, -0.2) is 44.5 Å². The van der Waals surface area contributed by atoms with E-state index >= 15 is 0 Å². The predicted molar refractivity (Wildman–Crippen MR) is 123 cm³/mol. The molecule has 0 saturated heterocycles. The van der Waals surface area contributed by atoms with Gasteiger partial charge in [0, 0.05) is 11.9 Å². The Morgan fingerprint density at radius 2 is 1.91 bits per heavy atom. The van der Waals surface area contributed by atoms with Crippen molar-refractivity contribution in [2.75, 3.05) is 12.9 Å². The van der Waals surface area contributed by atoms with Gasteiger partial charge in [-0.25, -0.2) is 9.78 Å². The second-order valence-electron chi connectivity index (χ2n) is 6.91. The molecule has 1 N–H and O–H groups in total. The SMILES string of the molecule is C=CCn1c2ccccc2c2nnc(SCC(=O)N[C@@H](C(=O)OC)c3ccccc3)nc21. The number of methoxy groups -OCH3 is 1. The van der Waals surface area contributed by atoms with Crippen molar-refractivity contribution in [3.05, 3.63) is 72.8 Å². The van der Waals surface area contributed by atoms with Crippen molar-refractivity contribution in [1.29, 1.82) is 0 Å². The number of ether oxygens (including phenoxy) is 1. The molecular weight excluding hydrogens is 426 g/mol. The molecule has 0 aliphatic rings. The van der Waals surface area contributed by atoms with Crippen LogP contribution >= 0.6 is 11.8 Å². The van der Waals surface area contributed by atoms with E-state index in [-0.39, 0.29) is 11.7 Å². The average Bonchev–Trinajstić information content (AvgIpc) is 3.14. The molecule has 0 bridgehead atoms. The molecule has 0 aliphatic heterocycles. The third kappa shape index (κ3) is 4.33. The highest BCUT2D eigenvalue weighted by Gasteiger charge is 2.23. The number of hydrogen-bond acceptors (Lipinski definition) is 7. The van der Waals surface area contributed by atoms with Gasteiger partial charge in [-0.15, -0.1) is 16.8 Å². The molecule has 0 fully saturated rings. The third-order valence-electron chi connectivity index (χ3n) is 4.87. The maximum absolute atomic E-state index is 12.6. The molecule has 4 rings (SSSR count). The zero-order valence-electron chi connectivity index (χ0n) is 17.4. The molecule has 0 saturated carbocycles. The lowest BCUT2D eigenvalue weighted by Crippen LogP contribution is -2.35. The molecule has 162 valence electrons. The topological polar surface area (TPSA) is 99.0 Å². The van der Waals surface area contributed by atoms with E-state index in [0.29, 0.717) is 28.4 Å². The molecule has 8 nitrogen and oxygen atoms in total. The van der Waals surface area contributed by atoms with Gasteiger partial charge in [0.15, 0.2) is 11.7 Å². The van der Waals surface area contributed by atoms with Gasteiger partial charge in [-0.3, -0.25) is 4.79 Å². The van der Waals surface area contributed by atoms with Crippen LogP contribution in [0.15, 0.2) is 72.4 Å². The number of hydrogen-bond donors (Lipinski definition) is 1. The summed E-state index contributed by atoms with van der Waals surface area (Å²) in [5.74, 6) is -0.859. The summed E-state index contributed by atoms with van der Waals surface area (Å²) in [5, 5.41) is 12.6. The van der Waals surface area contributed by atoms with Crippen LogP contribution in [-0.2, 0) is 20.9 Å². The van der Waals surface area contributed by atoms with Gasteiger partial charge in [0.25, 0.3) is 0 Å². The molecule has 0 unspecified atom stereocenters. The van der Waals surface area contributed by atoms with Gasteiger partial charge < -0.3 is 14.6 Å². The summed E-state index contributed by atoms with van der Waals surface area (Å²) in [6.45, 7) is 4.40. The fourth-order valence-electron chi connectivity index (χ4n) is 3.44. The number of thioether (sulfide) groups is 1. The van der Waals surface area contributed by atoms with E-state index in [0.717, 1.165) is 22.7 Å². The Morgan fingerprint density at radius 3 is 2.66 bits per heavy atom. The smallest absolute Gasteiger partial charge is 0.333 e. The van der Waals surface area contributed by atoms with Crippen LogP contribution in [0.1, 0.15) is 11.6 Å². The third-order valence-corrected chi connectivity index (χ3v) is 5.71. The number of para-hydroxylation sites is 1. The van der Waals surface area contributed by atoms with E-state index in [4.69, 9.17) is 4.74 Å². The fraction of sp³-hybridized carbons (Fsp3) is 0.174. The van der Waals surface area contributed by atoms with Gasteiger partial charge in [-0.05, 0) is 11.6 Å². The molecule has 4 aromatic rings. The summed E-state index contributed by atoms with van der Waals surface area (Å²) < 4.78 is 6.85. The van der Waals surface area contributed by atoms with Gasteiger partial charge in [-0.1, -0.05) is 66.4 Å². The summed E-state index contributed by atoms with van der Waals surface area (Å²) in [7, 11) is 1.29. The van der Waals surface area contributed by atoms with Crippen LogP contribution < -0.4 is 5.32 Å².